The van der Waals surface area contributed by atoms with Gasteiger partial charge < -0.3 is 0 Å². The van der Waals surface area contributed by atoms with Crippen LogP contribution in [0, 0.1) is 5.82 Å². The average Bonchev–Trinajstić information content (AvgIpc) is 2.58. The van der Waals surface area contributed by atoms with Crippen LogP contribution in [-0.2, 0) is 0 Å². The largest absolute Gasteiger partial charge is 0.256 e. The summed E-state index contributed by atoms with van der Waals surface area (Å²) in [6, 6.07) is 15.2. The van der Waals surface area contributed by atoms with E-state index in [1.807, 2.05) is 30.1 Å². The van der Waals surface area contributed by atoms with E-state index in [0.717, 1.165) is 16.6 Å². The lowest BCUT2D eigenvalue weighted by Crippen LogP contribution is -2.32. The maximum atomic E-state index is 13.2. The van der Waals surface area contributed by atoms with E-state index in [1.54, 1.807) is 0 Å². The second-order valence-corrected chi connectivity index (χ2v) is 8.05. The molecule has 1 nitrogen and oxygen atoms in total. The van der Waals surface area contributed by atoms with Crippen molar-refractivity contribution in [1.29, 1.82) is 0 Å². The average molecular weight is 337 g/mol. The van der Waals surface area contributed by atoms with Gasteiger partial charge in [0.05, 0.1) is 5.52 Å². The smallest absolute Gasteiger partial charge is 0.123 e. The van der Waals surface area contributed by atoms with Crippen LogP contribution in [0.25, 0.3) is 22.0 Å². The third kappa shape index (κ3) is 2.82. The molecule has 0 amide bonds. The van der Waals surface area contributed by atoms with Gasteiger partial charge in [-0.3, -0.25) is 4.98 Å². The van der Waals surface area contributed by atoms with E-state index >= 15 is 0 Å². The lowest BCUT2D eigenvalue weighted by atomic mass is 9.82. The SMILES string of the molecule is CCC1(Sc2ccnc3ccc(-c4ccc(F)cc4)cc23)CCC1. The zero-order valence-electron chi connectivity index (χ0n) is 13.8. The Morgan fingerprint density at radius 3 is 2.46 bits per heavy atom. The fourth-order valence-corrected chi connectivity index (χ4v) is 4.87. The Hall–Kier alpha value is -1.87. The van der Waals surface area contributed by atoms with E-state index in [2.05, 4.69) is 36.2 Å². The molecule has 0 saturated heterocycles. The maximum absolute atomic E-state index is 13.2. The van der Waals surface area contributed by atoms with Gasteiger partial charge in [-0.15, -0.1) is 11.8 Å². The van der Waals surface area contributed by atoms with Crippen LogP contribution >= 0.6 is 11.8 Å². The van der Waals surface area contributed by atoms with Gasteiger partial charge in [-0.05, 0) is 60.7 Å². The second-order valence-electron chi connectivity index (χ2n) is 6.54. The van der Waals surface area contributed by atoms with Gasteiger partial charge in [0.15, 0.2) is 0 Å². The van der Waals surface area contributed by atoms with Gasteiger partial charge >= 0.3 is 0 Å². The third-order valence-electron chi connectivity index (χ3n) is 5.11. The van der Waals surface area contributed by atoms with E-state index in [4.69, 9.17) is 0 Å². The van der Waals surface area contributed by atoms with Crippen molar-refractivity contribution in [3.05, 3.63) is 60.5 Å². The van der Waals surface area contributed by atoms with E-state index in [1.165, 1.54) is 48.1 Å². The minimum absolute atomic E-state index is 0.202. The lowest BCUT2D eigenvalue weighted by Gasteiger charge is -2.40. The first-order chi connectivity index (χ1) is 11.7. The van der Waals surface area contributed by atoms with Crippen molar-refractivity contribution in [2.24, 2.45) is 0 Å². The molecular weight excluding hydrogens is 317 g/mol. The molecule has 0 aliphatic heterocycles. The number of halogens is 1. The molecule has 0 spiro atoms. The number of hydrogen-bond acceptors (Lipinski definition) is 2. The summed E-state index contributed by atoms with van der Waals surface area (Å²) in [5.41, 5.74) is 3.17. The van der Waals surface area contributed by atoms with Crippen molar-refractivity contribution < 1.29 is 4.39 Å². The highest BCUT2D eigenvalue weighted by atomic mass is 32.2. The number of hydrogen-bond donors (Lipinski definition) is 0. The van der Waals surface area contributed by atoms with Crippen LogP contribution in [-0.4, -0.2) is 9.73 Å². The summed E-state index contributed by atoms with van der Waals surface area (Å²) in [5.74, 6) is -0.202. The number of aromatic nitrogens is 1. The summed E-state index contributed by atoms with van der Waals surface area (Å²) in [7, 11) is 0. The van der Waals surface area contributed by atoms with Gasteiger partial charge in [0, 0.05) is 21.2 Å². The highest BCUT2D eigenvalue weighted by molar-refractivity contribution is 8.01. The zero-order chi connectivity index (χ0) is 16.6. The number of nitrogens with zero attached hydrogens (tertiary/aromatic N) is 1. The number of thioether (sulfide) groups is 1. The quantitative estimate of drug-likeness (QED) is 0.541. The monoisotopic (exact) mass is 337 g/mol. The minimum atomic E-state index is -0.202. The Morgan fingerprint density at radius 2 is 1.79 bits per heavy atom. The van der Waals surface area contributed by atoms with Gasteiger partial charge in [-0.2, -0.15) is 0 Å². The summed E-state index contributed by atoms with van der Waals surface area (Å²) in [5, 5.41) is 1.20. The van der Waals surface area contributed by atoms with Crippen LogP contribution in [0.15, 0.2) is 59.6 Å². The fraction of sp³-hybridized carbons (Fsp3) is 0.286. The molecule has 0 unspecified atom stereocenters. The predicted octanol–water partition coefficient (Wildman–Crippen LogP) is 6.47. The molecule has 24 heavy (non-hydrogen) atoms. The van der Waals surface area contributed by atoms with Gasteiger partial charge in [0.2, 0.25) is 0 Å². The van der Waals surface area contributed by atoms with Crippen molar-refractivity contribution in [2.45, 2.75) is 42.2 Å². The second kappa shape index (κ2) is 6.21. The topological polar surface area (TPSA) is 12.9 Å². The minimum Gasteiger partial charge on any atom is -0.256 e. The van der Waals surface area contributed by atoms with E-state index in [-0.39, 0.29) is 5.82 Å². The molecular formula is C21H20FNS. The molecule has 0 N–H and O–H groups in total. The molecule has 1 heterocycles. The molecule has 1 aromatic heterocycles. The van der Waals surface area contributed by atoms with Gasteiger partial charge in [-0.25, -0.2) is 4.39 Å². The van der Waals surface area contributed by atoms with E-state index < -0.39 is 0 Å². The Kier molecular flexibility index (Phi) is 4.05. The van der Waals surface area contributed by atoms with Crippen molar-refractivity contribution in [2.75, 3.05) is 0 Å². The maximum Gasteiger partial charge on any atom is 0.123 e. The van der Waals surface area contributed by atoms with Crippen LogP contribution in [0.2, 0.25) is 0 Å². The van der Waals surface area contributed by atoms with Crippen molar-refractivity contribution in [3.8, 4) is 11.1 Å². The number of benzene rings is 2. The molecule has 4 rings (SSSR count). The summed E-state index contributed by atoms with van der Waals surface area (Å²) >= 11 is 2.01. The first-order valence-corrected chi connectivity index (χ1v) is 9.34. The zero-order valence-corrected chi connectivity index (χ0v) is 14.6. The van der Waals surface area contributed by atoms with Gasteiger partial charge in [0.25, 0.3) is 0 Å². The molecule has 3 aromatic rings. The highest BCUT2D eigenvalue weighted by Gasteiger charge is 2.36. The summed E-state index contributed by atoms with van der Waals surface area (Å²) in [6.45, 7) is 2.29. The molecule has 0 radical (unpaired) electrons. The van der Waals surface area contributed by atoms with Crippen LogP contribution in [0.5, 0.6) is 0 Å². The fourth-order valence-electron chi connectivity index (χ4n) is 3.36. The third-order valence-corrected chi connectivity index (χ3v) is 6.82. The van der Waals surface area contributed by atoms with Crippen molar-refractivity contribution in [1.82, 2.24) is 4.98 Å². The van der Waals surface area contributed by atoms with E-state index in [9.17, 15) is 4.39 Å². The first-order valence-electron chi connectivity index (χ1n) is 8.53. The lowest BCUT2D eigenvalue weighted by molar-refractivity contribution is 0.353. The predicted molar refractivity (Wildman–Crippen MR) is 99.9 cm³/mol. The standard InChI is InChI=1S/C21H20FNS/c1-2-21(11-3-12-21)24-20-10-13-23-19-9-6-16(14-18(19)20)15-4-7-17(22)8-5-15/h4-10,13-14H,2-3,11-12H2,1H3. The van der Waals surface area contributed by atoms with Gasteiger partial charge in [-0.1, -0.05) is 31.5 Å². The summed E-state index contributed by atoms with van der Waals surface area (Å²) in [6.07, 6.45) is 7.05. The Balaban J connectivity index is 1.77. The molecule has 3 heteroatoms. The number of rotatable bonds is 4. The molecule has 0 bridgehead atoms. The molecule has 1 saturated carbocycles. The molecule has 1 aliphatic rings. The Bertz CT molecular complexity index is 863. The summed E-state index contributed by atoms with van der Waals surface area (Å²) < 4.78 is 13.6. The van der Waals surface area contributed by atoms with Crippen LogP contribution in [0.3, 0.4) is 0 Å². The summed E-state index contributed by atoms with van der Waals surface area (Å²) in [4.78, 5) is 5.83. The van der Waals surface area contributed by atoms with Crippen LogP contribution in [0.1, 0.15) is 32.6 Å². The van der Waals surface area contributed by atoms with Crippen LogP contribution in [0.4, 0.5) is 4.39 Å². The molecule has 1 fully saturated rings. The number of pyridine rings is 1. The molecule has 1 aliphatic carbocycles. The number of fused-ring (bicyclic) bond motifs is 1. The molecule has 0 atom stereocenters. The van der Waals surface area contributed by atoms with Crippen molar-refractivity contribution in [3.63, 3.8) is 0 Å². The van der Waals surface area contributed by atoms with Crippen LogP contribution < -0.4 is 0 Å². The van der Waals surface area contributed by atoms with E-state index in [0.29, 0.717) is 4.75 Å². The van der Waals surface area contributed by atoms with Crippen molar-refractivity contribution >= 4 is 22.7 Å². The molecule has 122 valence electrons. The first kappa shape index (κ1) is 15.6. The Morgan fingerprint density at radius 1 is 1.04 bits per heavy atom. The normalized spacial score (nSPS) is 16.1. The van der Waals surface area contributed by atoms with Gasteiger partial charge in [0.1, 0.15) is 5.82 Å². The molecule has 2 aromatic carbocycles. The highest BCUT2D eigenvalue weighted by Crippen LogP contribution is 2.51. The Labute approximate surface area is 146 Å².